The van der Waals surface area contributed by atoms with Crippen LogP contribution in [0.15, 0.2) is 18.2 Å². The first-order valence-corrected chi connectivity index (χ1v) is 8.59. The Labute approximate surface area is 138 Å². The molecule has 1 aromatic carbocycles. The smallest absolute Gasteiger partial charge is 0.261 e. The molecule has 1 atom stereocenters. The molecule has 2 aromatic rings. The van der Waals surface area contributed by atoms with Gasteiger partial charge in [-0.3, -0.25) is 4.79 Å². The summed E-state index contributed by atoms with van der Waals surface area (Å²) in [6.45, 7) is 2.77. The lowest BCUT2D eigenvalue weighted by Crippen LogP contribution is -2.34. The van der Waals surface area contributed by atoms with Crippen LogP contribution in [0, 0.1) is 18.7 Å². The zero-order valence-corrected chi connectivity index (χ0v) is 13.8. The summed E-state index contributed by atoms with van der Waals surface area (Å²) in [5.74, 6) is 0.0426. The summed E-state index contributed by atoms with van der Waals surface area (Å²) in [7, 11) is 0. The van der Waals surface area contributed by atoms with Crippen LogP contribution in [-0.2, 0) is 4.74 Å². The Balaban J connectivity index is 1.57. The van der Waals surface area contributed by atoms with Crippen LogP contribution in [0.2, 0.25) is 0 Å². The second kappa shape index (κ2) is 6.95. The molecule has 6 heteroatoms. The summed E-state index contributed by atoms with van der Waals surface area (Å²) in [5.41, 5.74) is 0.639. The van der Waals surface area contributed by atoms with Crippen LogP contribution in [0.25, 0.3) is 10.1 Å². The number of carbonyl (C=O) groups excluding carboxylic acids is 1. The van der Waals surface area contributed by atoms with Gasteiger partial charge in [0.15, 0.2) is 0 Å². The Hall–Kier alpha value is -1.50. The van der Waals surface area contributed by atoms with E-state index in [1.54, 1.807) is 19.1 Å². The van der Waals surface area contributed by atoms with Gasteiger partial charge in [-0.25, -0.2) is 4.39 Å². The van der Waals surface area contributed by atoms with E-state index < -0.39 is 6.10 Å². The molecule has 0 bridgehead atoms. The third-order valence-electron chi connectivity index (χ3n) is 3.97. The normalized spacial score (nSPS) is 15.8. The molecule has 4 nitrogen and oxygen atoms in total. The second-order valence-electron chi connectivity index (χ2n) is 6.01. The molecule has 1 unspecified atom stereocenters. The highest BCUT2D eigenvalue weighted by Gasteiger charge is 2.22. The number of hydrogen-bond donors (Lipinski definition) is 2. The quantitative estimate of drug-likeness (QED) is 0.817. The Morgan fingerprint density at radius 3 is 3.00 bits per heavy atom. The van der Waals surface area contributed by atoms with Gasteiger partial charge in [0.1, 0.15) is 5.82 Å². The SMILES string of the molecule is Cc1c(C(=O)NCC(O)COCC2CC2)sc2cccc(F)c12. The number of rotatable bonds is 7. The molecule has 0 radical (unpaired) electrons. The molecular weight excluding hydrogens is 317 g/mol. The zero-order valence-electron chi connectivity index (χ0n) is 13.0. The summed E-state index contributed by atoms with van der Waals surface area (Å²) in [6, 6.07) is 4.83. The maximum absolute atomic E-state index is 13.9. The highest BCUT2D eigenvalue weighted by molar-refractivity contribution is 7.21. The lowest BCUT2D eigenvalue weighted by Gasteiger charge is -2.12. The molecule has 0 spiro atoms. The van der Waals surface area contributed by atoms with Gasteiger partial charge in [0.05, 0.1) is 17.6 Å². The van der Waals surface area contributed by atoms with Crippen molar-refractivity contribution in [2.45, 2.75) is 25.9 Å². The molecule has 3 rings (SSSR count). The molecule has 23 heavy (non-hydrogen) atoms. The van der Waals surface area contributed by atoms with E-state index in [2.05, 4.69) is 5.32 Å². The number of aliphatic hydroxyl groups excluding tert-OH is 1. The van der Waals surface area contributed by atoms with Crippen LogP contribution in [0.5, 0.6) is 0 Å². The highest BCUT2D eigenvalue weighted by Crippen LogP contribution is 2.32. The number of carbonyl (C=O) groups is 1. The van der Waals surface area contributed by atoms with Crippen molar-refractivity contribution in [1.82, 2.24) is 5.32 Å². The Morgan fingerprint density at radius 2 is 2.30 bits per heavy atom. The molecule has 124 valence electrons. The minimum atomic E-state index is -0.732. The van der Waals surface area contributed by atoms with E-state index >= 15 is 0 Å². The van der Waals surface area contributed by atoms with Crippen molar-refractivity contribution in [2.24, 2.45) is 5.92 Å². The van der Waals surface area contributed by atoms with Crippen LogP contribution in [-0.4, -0.2) is 36.9 Å². The molecule has 1 heterocycles. The molecule has 1 saturated carbocycles. The van der Waals surface area contributed by atoms with Gasteiger partial charge in [-0.05, 0) is 43.4 Å². The molecule has 0 saturated heterocycles. The van der Waals surface area contributed by atoms with Gasteiger partial charge in [0, 0.05) is 23.2 Å². The Kier molecular flexibility index (Phi) is 4.94. The number of ether oxygens (including phenoxy) is 1. The minimum Gasteiger partial charge on any atom is -0.389 e. The average Bonchev–Trinajstić information content (AvgIpc) is 3.28. The number of benzene rings is 1. The first kappa shape index (κ1) is 16.4. The van der Waals surface area contributed by atoms with E-state index in [0.29, 0.717) is 28.4 Å². The van der Waals surface area contributed by atoms with Gasteiger partial charge < -0.3 is 15.2 Å². The Bertz CT molecular complexity index is 711. The fourth-order valence-corrected chi connectivity index (χ4v) is 3.61. The lowest BCUT2D eigenvalue weighted by atomic mass is 10.1. The van der Waals surface area contributed by atoms with Gasteiger partial charge in [-0.2, -0.15) is 0 Å². The minimum absolute atomic E-state index is 0.125. The first-order chi connectivity index (χ1) is 11.1. The van der Waals surface area contributed by atoms with Gasteiger partial charge in [0.2, 0.25) is 0 Å². The number of hydrogen-bond acceptors (Lipinski definition) is 4. The van der Waals surface area contributed by atoms with Crippen LogP contribution >= 0.6 is 11.3 Å². The summed E-state index contributed by atoms with van der Waals surface area (Å²) in [6.07, 6.45) is 1.67. The number of halogens is 1. The second-order valence-corrected chi connectivity index (χ2v) is 7.07. The fourth-order valence-electron chi connectivity index (χ4n) is 2.47. The van der Waals surface area contributed by atoms with E-state index in [-0.39, 0.29) is 24.9 Å². The lowest BCUT2D eigenvalue weighted by molar-refractivity contribution is 0.0321. The van der Waals surface area contributed by atoms with Gasteiger partial charge in [-0.15, -0.1) is 11.3 Å². The number of aryl methyl sites for hydroxylation is 1. The van der Waals surface area contributed by atoms with Crippen molar-refractivity contribution in [3.63, 3.8) is 0 Å². The summed E-state index contributed by atoms with van der Waals surface area (Å²) in [4.78, 5) is 12.8. The van der Waals surface area contributed by atoms with E-state index in [1.165, 1.54) is 30.2 Å². The summed E-state index contributed by atoms with van der Waals surface area (Å²) < 4.78 is 20.0. The summed E-state index contributed by atoms with van der Waals surface area (Å²) >= 11 is 1.26. The van der Waals surface area contributed by atoms with E-state index in [0.717, 1.165) is 4.70 Å². The van der Waals surface area contributed by atoms with Crippen LogP contribution in [0.4, 0.5) is 4.39 Å². The van der Waals surface area contributed by atoms with Crippen molar-refractivity contribution < 1.29 is 19.0 Å². The van der Waals surface area contributed by atoms with Gasteiger partial charge in [0.25, 0.3) is 5.91 Å². The molecule has 1 aliphatic rings. The largest absolute Gasteiger partial charge is 0.389 e. The monoisotopic (exact) mass is 337 g/mol. The van der Waals surface area contributed by atoms with Crippen molar-refractivity contribution in [3.05, 3.63) is 34.5 Å². The summed E-state index contributed by atoms with van der Waals surface area (Å²) in [5, 5.41) is 13.0. The highest BCUT2D eigenvalue weighted by atomic mass is 32.1. The van der Waals surface area contributed by atoms with E-state index in [9.17, 15) is 14.3 Å². The van der Waals surface area contributed by atoms with E-state index in [4.69, 9.17) is 4.74 Å². The number of fused-ring (bicyclic) bond motifs is 1. The number of aliphatic hydroxyl groups is 1. The molecule has 1 aromatic heterocycles. The van der Waals surface area contributed by atoms with Crippen molar-refractivity contribution in [2.75, 3.05) is 19.8 Å². The van der Waals surface area contributed by atoms with Crippen LogP contribution < -0.4 is 5.32 Å². The molecule has 0 aliphatic heterocycles. The molecule has 1 amide bonds. The Morgan fingerprint density at radius 1 is 1.52 bits per heavy atom. The number of nitrogens with one attached hydrogen (secondary N) is 1. The van der Waals surface area contributed by atoms with Crippen LogP contribution in [0.3, 0.4) is 0 Å². The average molecular weight is 337 g/mol. The third-order valence-corrected chi connectivity index (χ3v) is 5.22. The number of thiophene rings is 1. The van der Waals surface area contributed by atoms with Crippen LogP contribution in [0.1, 0.15) is 28.1 Å². The molecule has 1 aliphatic carbocycles. The third kappa shape index (κ3) is 3.88. The van der Waals surface area contributed by atoms with E-state index in [1.807, 2.05) is 0 Å². The van der Waals surface area contributed by atoms with Crippen molar-refractivity contribution in [3.8, 4) is 0 Å². The molecule has 1 fully saturated rings. The fraction of sp³-hybridized carbons (Fsp3) is 0.471. The predicted molar refractivity (Wildman–Crippen MR) is 88.4 cm³/mol. The maximum Gasteiger partial charge on any atom is 0.261 e. The standard InChI is InChI=1S/C17H20FNO3S/c1-10-15-13(18)3-2-4-14(15)23-16(10)17(21)19-7-12(20)9-22-8-11-5-6-11/h2-4,11-12,20H,5-9H2,1H3,(H,19,21). The first-order valence-electron chi connectivity index (χ1n) is 7.78. The van der Waals surface area contributed by atoms with Gasteiger partial charge in [-0.1, -0.05) is 6.07 Å². The zero-order chi connectivity index (χ0) is 16.4. The molecular formula is C17H20FNO3S. The van der Waals surface area contributed by atoms with Crippen molar-refractivity contribution in [1.29, 1.82) is 0 Å². The predicted octanol–water partition coefficient (Wildman–Crippen LogP) is 2.87. The number of amides is 1. The van der Waals surface area contributed by atoms with Crippen molar-refractivity contribution >= 4 is 27.3 Å². The molecule has 2 N–H and O–H groups in total. The van der Waals surface area contributed by atoms with Gasteiger partial charge >= 0.3 is 0 Å². The maximum atomic E-state index is 13.9. The topological polar surface area (TPSA) is 58.6 Å².